The van der Waals surface area contributed by atoms with Crippen LogP contribution in [0.3, 0.4) is 0 Å². The molecule has 0 bridgehead atoms. The zero-order valence-corrected chi connectivity index (χ0v) is 22.0. The number of aromatic nitrogens is 4. The Balaban J connectivity index is 1.22. The molecule has 0 unspecified atom stereocenters. The summed E-state index contributed by atoms with van der Waals surface area (Å²) >= 11 is 3.21. The van der Waals surface area contributed by atoms with E-state index in [0.717, 1.165) is 32.3 Å². The van der Waals surface area contributed by atoms with Crippen molar-refractivity contribution in [1.29, 1.82) is 0 Å². The van der Waals surface area contributed by atoms with Crippen molar-refractivity contribution < 1.29 is 0 Å². The maximum Gasteiger partial charge on any atom is 0.0818 e. The lowest BCUT2D eigenvalue weighted by Gasteiger charge is -2.22. The molecule has 6 aromatic rings. The standard InChI is InChI=1S/C31H22N4S2/c1-31(2)25-11-19(21-5-9-27(34-13-21)29-15-32-17-36-29)3-7-23(25)24-8-4-20(12-26(24)31)22-6-10-28(35-14-22)30-16-33-18-37-30/h3-18H,1-2H3. The summed E-state index contributed by atoms with van der Waals surface area (Å²) in [6.07, 6.45) is 7.66. The Labute approximate surface area is 223 Å². The van der Waals surface area contributed by atoms with Gasteiger partial charge in [0, 0.05) is 41.3 Å². The summed E-state index contributed by atoms with van der Waals surface area (Å²) in [5.74, 6) is 0. The lowest BCUT2D eigenvalue weighted by Crippen LogP contribution is -2.15. The van der Waals surface area contributed by atoms with Crippen molar-refractivity contribution in [1.82, 2.24) is 19.9 Å². The molecule has 0 fully saturated rings. The molecular formula is C31H22N4S2. The van der Waals surface area contributed by atoms with Crippen LogP contribution >= 0.6 is 22.7 Å². The van der Waals surface area contributed by atoms with Crippen LogP contribution in [0.25, 0.3) is 54.5 Å². The van der Waals surface area contributed by atoms with E-state index in [1.54, 1.807) is 22.7 Å². The van der Waals surface area contributed by atoms with Crippen LogP contribution in [0, 0.1) is 0 Å². The first-order valence-corrected chi connectivity index (χ1v) is 13.8. The maximum atomic E-state index is 4.70. The van der Waals surface area contributed by atoms with E-state index in [-0.39, 0.29) is 5.41 Å². The van der Waals surface area contributed by atoms with Crippen molar-refractivity contribution in [2.24, 2.45) is 0 Å². The highest BCUT2D eigenvalue weighted by Gasteiger charge is 2.35. The summed E-state index contributed by atoms with van der Waals surface area (Å²) in [6, 6.07) is 22.1. The van der Waals surface area contributed by atoms with Gasteiger partial charge in [-0.3, -0.25) is 19.9 Å². The number of pyridine rings is 2. The second-order valence-electron chi connectivity index (χ2n) is 9.74. The second-order valence-corrected chi connectivity index (χ2v) is 11.5. The average Bonchev–Trinajstić information content (AvgIpc) is 3.71. The molecule has 37 heavy (non-hydrogen) atoms. The molecule has 4 aromatic heterocycles. The van der Waals surface area contributed by atoms with Crippen LogP contribution in [0.4, 0.5) is 0 Å². The van der Waals surface area contributed by atoms with Gasteiger partial charge in [-0.05, 0) is 57.6 Å². The summed E-state index contributed by atoms with van der Waals surface area (Å²) in [5.41, 5.74) is 15.4. The van der Waals surface area contributed by atoms with Crippen LogP contribution in [0.5, 0.6) is 0 Å². The van der Waals surface area contributed by atoms with Gasteiger partial charge >= 0.3 is 0 Å². The lowest BCUT2D eigenvalue weighted by molar-refractivity contribution is 0.661. The maximum absolute atomic E-state index is 4.70. The highest BCUT2D eigenvalue weighted by molar-refractivity contribution is 7.13. The summed E-state index contributed by atoms with van der Waals surface area (Å²) < 4.78 is 0. The molecule has 4 heterocycles. The molecule has 0 saturated carbocycles. The van der Waals surface area contributed by atoms with Crippen molar-refractivity contribution >= 4 is 22.7 Å². The third-order valence-corrected chi connectivity index (χ3v) is 8.83. The first kappa shape index (κ1) is 22.2. The molecule has 0 spiro atoms. The topological polar surface area (TPSA) is 51.6 Å². The highest BCUT2D eigenvalue weighted by atomic mass is 32.1. The zero-order chi connectivity index (χ0) is 25.0. The minimum Gasteiger partial charge on any atom is -0.255 e. The van der Waals surface area contributed by atoms with E-state index >= 15 is 0 Å². The first-order chi connectivity index (χ1) is 18.1. The largest absolute Gasteiger partial charge is 0.255 e. The van der Waals surface area contributed by atoms with E-state index in [1.807, 2.05) is 35.8 Å². The predicted octanol–water partition coefficient (Wildman–Crippen LogP) is 8.36. The van der Waals surface area contributed by atoms with Crippen LogP contribution in [0.15, 0.2) is 96.5 Å². The van der Waals surface area contributed by atoms with E-state index in [2.05, 4.69) is 84.5 Å². The van der Waals surface area contributed by atoms with Crippen LogP contribution in [0.2, 0.25) is 0 Å². The molecule has 0 aliphatic heterocycles. The summed E-state index contributed by atoms with van der Waals surface area (Å²) in [6.45, 7) is 4.64. The van der Waals surface area contributed by atoms with Crippen molar-refractivity contribution in [3.63, 3.8) is 0 Å². The molecule has 0 radical (unpaired) electrons. The highest BCUT2D eigenvalue weighted by Crippen LogP contribution is 2.50. The van der Waals surface area contributed by atoms with E-state index in [4.69, 9.17) is 9.97 Å². The Morgan fingerprint density at radius 3 is 1.38 bits per heavy atom. The Morgan fingerprint density at radius 1 is 0.541 bits per heavy atom. The molecule has 6 heteroatoms. The molecule has 7 rings (SSSR count). The van der Waals surface area contributed by atoms with E-state index in [0.29, 0.717) is 0 Å². The van der Waals surface area contributed by atoms with Crippen molar-refractivity contribution in [3.05, 3.63) is 108 Å². The quantitative estimate of drug-likeness (QED) is 0.237. The average molecular weight is 515 g/mol. The molecule has 178 valence electrons. The molecule has 0 amide bonds. The van der Waals surface area contributed by atoms with Gasteiger partial charge in [0.05, 0.1) is 32.2 Å². The fourth-order valence-electron chi connectivity index (χ4n) is 5.20. The van der Waals surface area contributed by atoms with E-state index < -0.39 is 0 Å². The van der Waals surface area contributed by atoms with Crippen LogP contribution in [-0.2, 0) is 5.41 Å². The minimum absolute atomic E-state index is 0.108. The molecule has 0 N–H and O–H groups in total. The Bertz CT molecular complexity index is 1590. The molecule has 2 aromatic carbocycles. The van der Waals surface area contributed by atoms with Gasteiger partial charge in [0.25, 0.3) is 0 Å². The molecule has 0 atom stereocenters. The van der Waals surface area contributed by atoms with Gasteiger partial charge in [0.2, 0.25) is 0 Å². The number of rotatable bonds is 4. The predicted molar refractivity (Wildman–Crippen MR) is 153 cm³/mol. The van der Waals surface area contributed by atoms with E-state index in [9.17, 15) is 0 Å². The van der Waals surface area contributed by atoms with E-state index in [1.165, 1.54) is 33.4 Å². The van der Waals surface area contributed by atoms with Crippen molar-refractivity contribution in [3.8, 4) is 54.5 Å². The normalized spacial score (nSPS) is 13.4. The third kappa shape index (κ3) is 3.72. The molecule has 4 nitrogen and oxygen atoms in total. The Kier molecular flexibility index (Phi) is 5.13. The monoisotopic (exact) mass is 514 g/mol. The van der Waals surface area contributed by atoms with Gasteiger partial charge in [-0.1, -0.05) is 50.2 Å². The number of nitrogens with zero attached hydrogens (tertiary/aromatic N) is 4. The molecule has 1 aliphatic rings. The third-order valence-electron chi connectivity index (χ3n) is 7.24. The molecular weight excluding hydrogens is 493 g/mol. The number of benzene rings is 2. The zero-order valence-electron chi connectivity index (χ0n) is 20.3. The van der Waals surface area contributed by atoms with Gasteiger partial charge in [-0.2, -0.15) is 0 Å². The van der Waals surface area contributed by atoms with Crippen LogP contribution in [0.1, 0.15) is 25.0 Å². The SMILES string of the molecule is CC1(C)c2cc(-c3ccc(-c4cncs4)nc3)ccc2-c2ccc(-c3ccc(-c4cncs4)nc3)cc21. The second kappa shape index (κ2) is 8.54. The molecule has 0 saturated heterocycles. The molecule has 1 aliphatic carbocycles. The summed E-state index contributed by atoms with van der Waals surface area (Å²) in [4.78, 5) is 19.9. The van der Waals surface area contributed by atoms with Gasteiger partial charge in [0.15, 0.2) is 0 Å². The summed E-state index contributed by atoms with van der Waals surface area (Å²) in [7, 11) is 0. The van der Waals surface area contributed by atoms with Gasteiger partial charge in [0.1, 0.15) is 0 Å². The number of hydrogen-bond acceptors (Lipinski definition) is 6. The van der Waals surface area contributed by atoms with Gasteiger partial charge < -0.3 is 0 Å². The van der Waals surface area contributed by atoms with Crippen molar-refractivity contribution in [2.45, 2.75) is 19.3 Å². The van der Waals surface area contributed by atoms with Crippen molar-refractivity contribution in [2.75, 3.05) is 0 Å². The van der Waals surface area contributed by atoms with Crippen LogP contribution in [-0.4, -0.2) is 19.9 Å². The first-order valence-electron chi connectivity index (χ1n) is 12.1. The fraction of sp³-hybridized carbons (Fsp3) is 0.0968. The van der Waals surface area contributed by atoms with Gasteiger partial charge in [-0.25, -0.2) is 0 Å². The summed E-state index contributed by atoms with van der Waals surface area (Å²) in [5, 5.41) is 0. The number of fused-ring (bicyclic) bond motifs is 3. The Morgan fingerprint density at radius 2 is 1.00 bits per heavy atom. The minimum atomic E-state index is -0.108. The Hall–Kier alpha value is -4.00. The van der Waals surface area contributed by atoms with Gasteiger partial charge in [-0.15, -0.1) is 22.7 Å². The fourth-order valence-corrected chi connectivity index (χ4v) is 6.40. The lowest BCUT2D eigenvalue weighted by atomic mass is 9.81. The van der Waals surface area contributed by atoms with Crippen LogP contribution < -0.4 is 0 Å². The number of hydrogen-bond donors (Lipinski definition) is 0. The number of thiazole rings is 2. The smallest absolute Gasteiger partial charge is 0.0818 e.